The zero-order valence-corrected chi connectivity index (χ0v) is 22.0. The van der Waals surface area contributed by atoms with Crippen LogP contribution in [0.4, 0.5) is 0 Å². The van der Waals surface area contributed by atoms with Gasteiger partial charge in [0.15, 0.2) is 0 Å². The first-order valence-electron chi connectivity index (χ1n) is 11.4. The first-order valence-corrected chi connectivity index (χ1v) is 12.6. The van der Waals surface area contributed by atoms with Gasteiger partial charge >= 0.3 is 5.97 Å². The molecule has 3 aromatic carbocycles. The van der Waals surface area contributed by atoms with Crippen molar-refractivity contribution < 1.29 is 19.4 Å². The van der Waals surface area contributed by atoms with Crippen LogP contribution >= 0.6 is 34.8 Å². The monoisotopic (exact) mass is 532 g/mol. The van der Waals surface area contributed by atoms with Crippen LogP contribution in [0, 0.1) is 20.8 Å². The van der Waals surface area contributed by atoms with Gasteiger partial charge in [-0.25, -0.2) is 0 Å². The van der Waals surface area contributed by atoms with Crippen LogP contribution in [0.3, 0.4) is 0 Å². The molecule has 1 aliphatic heterocycles. The predicted octanol–water partition coefficient (Wildman–Crippen LogP) is 7.20. The van der Waals surface area contributed by atoms with Crippen molar-refractivity contribution in [3.63, 3.8) is 0 Å². The lowest BCUT2D eigenvalue weighted by molar-refractivity contribution is -0.162. The Morgan fingerprint density at radius 2 is 1.54 bits per heavy atom. The average Bonchev–Trinajstić information content (AvgIpc) is 2.77. The minimum Gasteiger partial charge on any atom is -0.488 e. The van der Waals surface area contributed by atoms with E-state index in [0.717, 1.165) is 33.4 Å². The summed E-state index contributed by atoms with van der Waals surface area (Å²) in [7, 11) is 0. The van der Waals surface area contributed by atoms with Crippen molar-refractivity contribution in [1.29, 1.82) is 0 Å². The Kier molecular flexibility index (Phi) is 7.97. The Hall–Kier alpha value is -2.24. The first-order chi connectivity index (χ1) is 16.6. The number of aryl methyl sites for hydroxylation is 3. The Balaban J connectivity index is 1.81. The highest BCUT2D eigenvalue weighted by atomic mass is 35.5. The number of hydrogen-bond donors (Lipinski definition) is 1. The van der Waals surface area contributed by atoms with Crippen LogP contribution in [0.25, 0.3) is 0 Å². The number of halogens is 3. The summed E-state index contributed by atoms with van der Waals surface area (Å²) in [6.07, 6.45) is -0.986. The van der Waals surface area contributed by atoms with E-state index in [1.807, 2.05) is 69.3 Å². The van der Waals surface area contributed by atoms with Crippen molar-refractivity contribution in [1.82, 2.24) is 0 Å². The fourth-order valence-electron chi connectivity index (χ4n) is 4.39. The second-order valence-electron chi connectivity index (χ2n) is 9.13. The number of carbonyl (C=O) groups excluding carboxylic acids is 1. The third kappa shape index (κ3) is 5.95. The number of rotatable bonds is 6. The molecule has 1 saturated heterocycles. The van der Waals surface area contributed by atoms with Gasteiger partial charge in [0.25, 0.3) is 0 Å². The molecule has 0 unspecified atom stereocenters. The summed E-state index contributed by atoms with van der Waals surface area (Å²) >= 11 is 19.8. The number of ether oxygens (including phenoxy) is 2. The Bertz CT molecular complexity index is 1210. The third-order valence-corrected chi connectivity index (χ3v) is 7.33. The number of aliphatic hydroxyl groups is 1. The molecule has 0 aliphatic carbocycles. The number of benzene rings is 3. The summed E-state index contributed by atoms with van der Waals surface area (Å²) in [5.41, 5.74) is 5.70. The molecule has 1 N–H and O–H groups in total. The molecule has 2 atom stereocenters. The predicted molar refractivity (Wildman–Crippen MR) is 140 cm³/mol. The molecule has 4 nitrogen and oxygen atoms in total. The fourth-order valence-corrected chi connectivity index (χ4v) is 5.10. The lowest BCUT2D eigenvalue weighted by Gasteiger charge is -2.28. The van der Waals surface area contributed by atoms with Crippen molar-refractivity contribution in [2.24, 2.45) is 0 Å². The van der Waals surface area contributed by atoms with Gasteiger partial charge < -0.3 is 14.6 Å². The largest absolute Gasteiger partial charge is 0.488 e. The Morgan fingerprint density at radius 1 is 0.943 bits per heavy atom. The van der Waals surface area contributed by atoms with Crippen LogP contribution in [0.2, 0.25) is 15.1 Å². The first kappa shape index (κ1) is 25.8. The van der Waals surface area contributed by atoms with Gasteiger partial charge in [0, 0.05) is 27.9 Å². The van der Waals surface area contributed by atoms with Crippen LogP contribution in [-0.4, -0.2) is 29.9 Å². The lowest BCUT2D eigenvalue weighted by Crippen LogP contribution is -2.36. The van der Waals surface area contributed by atoms with Gasteiger partial charge in [-0.3, -0.25) is 4.79 Å². The number of hydrogen-bond acceptors (Lipinski definition) is 4. The molecule has 0 saturated carbocycles. The smallest absolute Gasteiger partial charge is 0.308 e. The van der Waals surface area contributed by atoms with Crippen molar-refractivity contribution in [3.05, 3.63) is 97.0 Å². The fraction of sp³-hybridized carbons (Fsp3) is 0.321. The van der Waals surface area contributed by atoms with E-state index in [9.17, 15) is 9.90 Å². The van der Waals surface area contributed by atoms with Gasteiger partial charge in [0.2, 0.25) is 0 Å². The Labute approximate surface area is 220 Å². The van der Waals surface area contributed by atoms with Crippen LogP contribution < -0.4 is 4.74 Å². The van der Waals surface area contributed by atoms with Gasteiger partial charge in [-0.15, -0.1) is 0 Å². The molecule has 0 radical (unpaired) electrons. The number of aliphatic hydroxyl groups excluding tert-OH is 1. The van der Waals surface area contributed by atoms with Gasteiger partial charge in [0.1, 0.15) is 18.5 Å². The zero-order valence-electron chi connectivity index (χ0n) is 19.8. The molecule has 1 heterocycles. The summed E-state index contributed by atoms with van der Waals surface area (Å²) in [5, 5.41) is 11.7. The van der Waals surface area contributed by atoms with Crippen LogP contribution in [0.5, 0.6) is 5.75 Å². The van der Waals surface area contributed by atoms with Crippen LogP contribution in [0.1, 0.15) is 52.1 Å². The van der Waals surface area contributed by atoms with Gasteiger partial charge in [-0.2, -0.15) is 0 Å². The molecule has 35 heavy (non-hydrogen) atoms. The highest BCUT2D eigenvalue weighted by Crippen LogP contribution is 2.43. The van der Waals surface area contributed by atoms with Gasteiger partial charge in [-0.1, -0.05) is 65.1 Å². The Morgan fingerprint density at radius 3 is 2.09 bits per heavy atom. The van der Waals surface area contributed by atoms with Crippen LogP contribution in [0.15, 0.2) is 48.5 Å². The second kappa shape index (κ2) is 10.8. The van der Waals surface area contributed by atoms with E-state index >= 15 is 0 Å². The van der Waals surface area contributed by atoms with Gasteiger partial charge in [0.05, 0.1) is 17.5 Å². The maximum absolute atomic E-state index is 11.8. The molecular formula is C28H27Cl3O4. The normalized spacial score (nSPS) is 18.0. The molecule has 3 aromatic rings. The maximum atomic E-state index is 11.8. The third-order valence-electron chi connectivity index (χ3n) is 6.24. The summed E-state index contributed by atoms with van der Waals surface area (Å²) in [4.78, 5) is 11.8. The number of carbonyl (C=O) groups is 1. The van der Waals surface area contributed by atoms with Crippen molar-refractivity contribution in [2.75, 3.05) is 6.61 Å². The summed E-state index contributed by atoms with van der Waals surface area (Å²) in [5.74, 6) is -0.209. The van der Waals surface area contributed by atoms with E-state index < -0.39 is 18.2 Å². The summed E-state index contributed by atoms with van der Waals surface area (Å²) < 4.78 is 11.6. The quantitative estimate of drug-likeness (QED) is 0.269. The summed E-state index contributed by atoms with van der Waals surface area (Å²) in [6.45, 7) is 5.97. The van der Waals surface area contributed by atoms with Crippen molar-refractivity contribution >= 4 is 40.8 Å². The summed E-state index contributed by atoms with van der Waals surface area (Å²) in [6, 6.07) is 15.8. The molecule has 1 aliphatic rings. The molecule has 4 rings (SSSR count). The van der Waals surface area contributed by atoms with E-state index in [4.69, 9.17) is 44.3 Å². The second-order valence-corrected chi connectivity index (χ2v) is 10.4. The van der Waals surface area contributed by atoms with Gasteiger partial charge in [-0.05, 0) is 66.8 Å². The van der Waals surface area contributed by atoms with Crippen LogP contribution in [-0.2, 0) is 9.53 Å². The standard InChI is InChI=1S/C28H27Cl3O4/c1-15-8-22(28(25(31)9-15)34-14-21-12-20(32)13-26(33)35-21)27(18-6-4-16(2)23(29)10-18)19-7-5-17(3)24(30)11-19/h4-11,20-21,27,32H,12-14H2,1-3H3/t20-,21+/m1/s1. The van der Waals surface area contributed by atoms with Crippen molar-refractivity contribution in [3.8, 4) is 5.75 Å². The average molecular weight is 534 g/mol. The molecule has 7 heteroatoms. The lowest BCUT2D eigenvalue weighted by atomic mass is 9.83. The van der Waals surface area contributed by atoms with E-state index in [0.29, 0.717) is 27.2 Å². The molecule has 0 spiro atoms. The minimum atomic E-state index is -0.741. The number of cyclic esters (lactones) is 1. The molecule has 0 bridgehead atoms. The molecule has 1 fully saturated rings. The highest BCUT2D eigenvalue weighted by molar-refractivity contribution is 6.32. The number of esters is 1. The highest BCUT2D eigenvalue weighted by Gasteiger charge is 2.29. The SMILES string of the molecule is Cc1cc(Cl)c(OC[C@@H]2C[C@@H](O)CC(=O)O2)c(C(c2ccc(C)c(Cl)c2)c2ccc(C)c(Cl)c2)c1. The molecular weight excluding hydrogens is 507 g/mol. The topological polar surface area (TPSA) is 55.8 Å². The molecule has 184 valence electrons. The van der Waals surface area contributed by atoms with E-state index in [1.54, 1.807) is 0 Å². The molecule has 0 amide bonds. The van der Waals surface area contributed by atoms with E-state index in [-0.39, 0.29) is 18.9 Å². The van der Waals surface area contributed by atoms with E-state index in [2.05, 4.69) is 0 Å². The zero-order chi connectivity index (χ0) is 25.3. The molecule has 0 aromatic heterocycles. The van der Waals surface area contributed by atoms with E-state index in [1.165, 1.54) is 0 Å². The maximum Gasteiger partial charge on any atom is 0.308 e. The van der Waals surface area contributed by atoms with Crippen molar-refractivity contribution in [2.45, 2.75) is 51.7 Å². The minimum absolute atomic E-state index is 0.00250.